The molecule has 0 aliphatic carbocycles. The van der Waals surface area contributed by atoms with Gasteiger partial charge >= 0.3 is 0 Å². The molecule has 1 fully saturated rings. The number of carbonyl (C=O) groups excluding carboxylic acids is 3. The van der Waals surface area contributed by atoms with Gasteiger partial charge < -0.3 is 15.5 Å². The van der Waals surface area contributed by atoms with E-state index in [-0.39, 0.29) is 18.4 Å². The lowest BCUT2D eigenvalue weighted by Crippen LogP contribution is -2.45. The van der Waals surface area contributed by atoms with Crippen LogP contribution >= 0.6 is 0 Å². The summed E-state index contributed by atoms with van der Waals surface area (Å²) in [4.78, 5) is 39.1. The van der Waals surface area contributed by atoms with Gasteiger partial charge in [0, 0.05) is 20.0 Å². The van der Waals surface area contributed by atoms with E-state index in [9.17, 15) is 27.6 Å². The predicted octanol–water partition coefficient (Wildman–Crippen LogP) is 0.959. The lowest BCUT2D eigenvalue weighted by molar-refractivity contribution is -0.134. The summed E-state index contributed by atoms with van der Waals surface area (Å²) >= 11 is 0. The van der Waals surface area contributed by atoms with Crippen LogP contribution in [0.1, 0.15) is 12.8 Å². The molecule has 1 saturated heterocycles. The maximum atomic E-state index is 13.5. The van der Waals surface area contributed by atoms with Gasteiger partial charge in [0.25, 0.3) is 0 Å². The maximum absolute atomic E-state index is 13.5. The summed E-state index contributed by atoms with van der Waals surface area (Å²) in [5.74, 6) is -5.70. The molecule has 0 spiro atoms. The summed E-state index contributed by atoms with van der Waals surface area (Å²) in [6.45, 7) is 0.802. The summed E-state index contributed by atoms with van der Waals surface area (Å²) in [7, 11) is 3.42. The number of carbonyl (C=O) groups is 3. The number of amides is 3. The Balaban J connectivity index is 1.74. The van der Waals surface area contributed by atoms with E-state index in [2.05, 4.69) is 10.6 Å². The monoisotopic (exact) mass is 400 g/mol. The van der Waals surface area contributed by atoms with Crippen molar-refractivity contribution >= 4 is 23.4 Å². The van der Waals surface area contributed by atoms with Gasteiger partial charge in [-0.15, -0.1) is 0 Å². The fraction of sp³-hybridized carbons (Fsp3) is 0.500. The Morgan fingerprint density at radius 3 is 2.32 bits per heavy atom. The molecule has 1 aromatic carbocycles. The Labute approximate surface area is 160 Å². The molecule has 0 unspecified atom stereocenters. The number of hydrogen-bond acceptors (Lipinski definition) is 4. The average Bonchev–Trinajstić information content (AvgIpc) is 2.67. The van der Waals surface area contributed by atoms with E-state index in [1.807, 2.05) is 4.90 Å². The summed E-state index contributed by atoms with van der Waals surface area (Å²) in [5, 5.41) is 4.46. The predicted molar refractivity (Wildman–Crippen MR) is 95.8 cm³/mol. The van der Waals surface area contributed by atoms with Crippen molar-refractivity contribution < 1.29 is 27.6 Å². The lowest BCUT2D eigenvalue weighted by Gasteiger charge is -2.31. The van der Waals surface area contributed by atoms with E-state index in [1.165, 1.54) is 0 Å². The Morgan fingerprint density at radius 2 is 1.71 bits per heavy atom. The van der Waals surface area contributed by atoms with Gasteiger partial charge in [0.1, 0.15) is 0 Å². The van der Waals surface area contributed by atoms with Gasteiger partial charge in [-0.1, -0.05) is 0 Å². The Morgan fingerprint density at radius 1 is 1.07 bits per heavy atom. The standard InChI is InChI=1S/C18H23F3N4O3/c1-24(2)18(28)11-5-7-25(8-6-11)10-15(27)22-9-14(26)23-13-4-3-12(19)16(20)17(13)21/h3-4,11H,5-10H2,1-2H3,(H,22,27)(H,23,26). The molecule has 0 bridgehead atoms. The average molecular weight is 400 g/mol. The van der Waals surface area contributed by atoms with Crippen LogP contribution in [0.5, 0.6) is 0 Å². The molecule has 2 rings (SSSR count). The second-order valence-corrected chi connectivity index (χ2v) is 6.83. The molecule has 0 aromatic heterocycles. The van der Waals surface area contributed by atoms with Gasteiger partial charge in [-0.25, -0.2) is 13.2 Å². The SMILES string of the molecule is CN(C)C(=O)C1CCN(CC(=O)NCC(=O)Nc2ccc(F)c(F)c2F)CC1. The zero-order valence-electron chi connectivity index (χ0n) is 15.7. The quantitative estimate of drug-likeness (QED) is 0.697. The van der Waals surface area contributed by atoms with Crippen LogP contribution in [0.3, 0.4) is 0 Å². The third-order valence-electron chi connectivity index (χ3n) is 4.50. The number of likely N-dealkylation sites (tertiary alicyclic amines) is 1. The van der Waals surface area contributed by atoms with Gasteiger partial charge in [0.05, 0.1) is 18.8 Å². The van der Waals surface area contributed by atoms with E-state index >= 15 is 0 Å². The Kier molecular flexibility index (Phi) is 7.38. The number of rotatable bonds is 6. The van der Waals surface area contributed by atoms with Crippen molar-refractivity contribution in [1.29, 1.82) is 0 Å². The highest BCUT2D eigenvalue weighted by atomic mass is 19.2. The van der Waals surface area contributed by atoms with Crippen LogP contribution in [0, 0.1) is 23.4 Å². The second-order valence-electron chi connectivity index (χ2n) is 6.83. The highest BCUT2D eigenvalue weighted by Crippen LogP contribution is 2.20. The van der Waals surface area contributed by atoms with E-state index in [4.69, 9.17) is 0 Å². The third kappa shape index (κ3) is 5.69. The van der Waals surface area contributed by atoms with Crippen LogP contribution in [0.4, 0.5) is 18.9 Å². The van der Waals surface area contributed by atoms with Gasteiger partial charge in [-0.3, -0.25) is 19.3 Å². The minimum atomic E-state index is -1.68. The normalized spacial score (nSPS) is 15.2. The van der Waals surface area contributed by atoms with Crippen LogP contribution in [0.15, 0.2) is 12.1 Å². The largest absolute Gasteiger partial charge is 0.349 e. The second kappa shape index (κ2) is 9.54. The van der Waals surface area contributed by atoms with Gasteiger partial charge in [0.2, 0.25) is 17.7 Å². The molecule has 10 heteroatoms. The minimum absolute atomic E-state index is 0.0499. The first-order chi connectivity index (χ1) is 13.2. The summed E-state index contributed by atoms with van der Waals surface area (Å²) in [6, 6.07) is 1.59. The molecule has 0 atom stereocenters. The third-order valence-corrected chi connectivity index (χ3v) is 4.50. The van der Waals surface area contributed by atoms with Crippen LogP contribution in [0.25, 0.3) is 0 Å². The van der Waals surface area contributed by atoms with Crippen LogP contribution in [-0.2, 0) is 14.4 Å². The molecule has 2 N–H and O–H groups in total. The molecular weight excluding hydrogens is 377 g/mol. The molecule has 1 aliphatic heterocycles. The molecule has 3 amide bonds. The first-order valence-corrected chi connectivity index (χ1v) is 8.82. The highest BCUT2D eigenvalue weighted by Gasteiger charge is 2.26. The van der Waals surface area contributed by atoms with E-state index in [1.54, 1.807) is 19.0 Å². The van der Waals surface area contributed by atoms with E-state index in [0.29, 0.717) is 32.0 Å². The molecule has 1 aliphatic rings. The van der Waals surface area contributed by atoms with Crippen molar-refractivity contribution in [1.82, 2.24) is 15.1 Å². The maximum Gasteiger partial charge on any atom is 0.243 e. The minimum Gasteiger partial charge on any atom is -0.349 e. The molecular formula is C18H23F3N4O3. The Hall–Kier alpha value is -2.62. The van der Waals surface area contributed by atoms with Crippen molar-refractivity contribution in [2.24, 2.45) is 5.92 Å². The molecule has 7 nitrogen and oxygen atoms in total. The number of hydrogen-bond donors (Lipinski definition) is 2. The van der Waals surface area contributed by atoms with Crippen molar-refractivity contribution in [3.63, 3.8) is 0 Å². The zero-order valence-corrected chi connectivity index (χ0v) is 15.7. The molecule has 154 valence electrons. The zero-order chi connectivity index (χ0) is 20.8. The topological polar surface area (TPSA) is 81.8 Å². The molecule has 0 radical (unpaired) electrons. The molecule has 0 saturated carbocycles. The van der Waals surface area contributed by atoms with Gasteiger partial charge in [-0.2, -0.15) is 0 Å². The van der Waals surface area contributed by atoms with Crippen molar-refractivity contribution in [2.45, 2.75) is 12.8 Å². The van der Waals surface area contributed by atoms with Crippen LogP contribution < -0.4 is 10.6 Å². The fourth-order valence-electron chi connectivity index (χ4n) is 2.96. The lowest BCUT2D eigenvalue weighted by atomic mass is 9.95. The van der Waals surface area contributed by atoms with E-state index in [0.717, 1.165) is 6.07 Å². The molecule has 28 heavy (non-hydrogen) atoms. The summed E-state index contributed by atoms with van der Waals surface area (Å²) in [5.41, 5.74) is -0.509. The first kappa shape index (κ1) is 21.7. The number of nitrogens with one attached hydrogen (secondary N) is 2. The first-order valence-electron chi connectivity index (χ1n) is 8.82. The molecule has 1 heterocycles. The number of piperidine rings is 1. The Bertz CT molecular complexity index is 750. The van der Waals surface area contributed by atoms with Crippen molar-refractivity contribution in [3.05, 3.63) is 29.6 Å². The van der Waals surface area contributed by atoms with Crippen molar-refractivity contribution in [2.75, 3.05) is 45.6 Å². The highest BCUT2D eigenvalue weighted by molar-refractivity contribution is 5.94. The fourth-order valence-corrected chi connectivity index (χ4v) is 2.96. The van der Waals surface area contributed by atoms with Crippen molar-refractivity contribution in [3.8, 4) is 0 Å². The number of anilines is 1. The van der Waals surface area contributed by atoms with Crippen LogP contribution in [0.2, 0.25) is 0 Å². The number of nitrogens with zero attached hydrogens (tertiary/aromatic N) is 2. The van der Waals surface area contributed by atoms with Gasteiger partial charge in [0.15, 0.2) is 17.5 Å². The number of benzene rings is 1. The molecule has 1 aromatic rings. The summed E-state index contributed by atoms with van der Waals surface area (Å²) in [6.07, 6.45) is 1.31. The van der Waals surface area contributed by atoms with Gasteiger partial charge in [-0.05, 0) is 38.1 Å². The van der Waals surface area contributed by atoms with E-state index < -0.39 is 41.5 Å². The van der Waals surface area contributed by atoms with Crippen LogP contribution in [-0.4, -0.2) is 67.8 Å². The number of halogens is 3. The summed E-state index contributed by atoms with van der Waals surface area (Å²) < 4.78 is 39.5. The smallest absolute Gasteiger partial charge is 0.243 e.